The number of methoxy groups -OCH3 is 1. The average molecular weight is 286 g/mol. The monoisotopic (exact) mass is 286 g/mol. The van der Waals surface area contributed by atoms with Gasteiger partial charge in [0.1, 0.15) is 0 Å². The molecule has 0 amide bonds. The van der Waals surface area contributed by atoms with E-state index in [0.29, 0.717) is 26.2 Å². The fourth-order valence-electron chi connectivity index (χ4n) is 1.87. The van der Waals surface area contributed by atoms with Crippen LogP contribution < -0.4 is 5.73 Å². The lowest BCUT2D eigenvalue weighted by molar-refractivity contribution is 0.180. The van der Waals surface area contributed by atoms with E-state index in [-0.39, 0.29) is 5.75 Å². The van der Waals surface area contributed by atoms with Gasteiger partial charge in [-0.15, -0.1) is 0 Å². The van der Waals surface area contributed by atoms with E-state index in [9.17, 15) is 8.42 Å². The fourth-order valence-corrected chi connectivity index (χ4v) is 3.48. The van der Waals surface area contributed by atoms with E-state index in [1.165, 1.54) is 4.31 Å². The summed E-state index contributed by atoms with van der Waals surface area (Å²) >= 11 is 0. The van der Waals surface area contributed by atoms with Crippen LogP contribution in [0.1, 0.15) is 18.1 Å². The number of ether oxygens (including phenoxy) is 1. The van der Waals surface area contributed by atoms with Gasteiger partial charge in [0.15, 0.2) is 0 Å². The zero-order valence-corrected chi connectivity index (χ0v) is 12.3. The number of benzene rings is 1. The van der Waals surface area contributed by atoms with E-state index in [2.05, 4.69) is 0 Å². The van der Waals surface area contributed by atoms with Crippen molar-refractivity contribution in [2.45, 2.75) is 19.2 Å². The molecule has 0 heterocycles. The number of nitrogens with zero attached hydrogens (tertiary/aromatic N) is 1. The maximum absolute atomic E-state index is 12.3. The molecule has 0 aliphatic heterocycles. The zero-order valence-electron chi connectivity index (χ0n) is 11.5. The van der Waals surface area contributed by atoms with Crippen molar-refractivity contribution >= 4 is 10.0 Å². The van der Waals surface area contributed by atoms with E-state index in [0.717, 1.165) is 11.1 Å². The number of sulfonamides is 1. The molecule has 0 radical (unpaired) electrons. The van der Waals surface area contributed by atoms with Gasteiger partial charge < -0.3 is 10.5 Å². The Labute approximate surface area is 115 Å². The van der Waals surface area contributed by atoms with Crippen molar-refractivity contribution in [2.24, 2.45) is 5.73 Å². The number of likely N-dealkylation sites (N-methyl/N-ethyl adjacent to an activating group) is 1. The van der Waals surface area contributed by atoms with E-state index in [1.807, 2.05) is 31.2 Å². The maximum Gasteiger partial charge on any atom is 0.218 e. The van der Waals surface area contributed by atoms with Gasteiger partial charge in [0.05, 0.1) is 12.4 Å². The predicted octanol–water partition coefficient (Wildman–Crippen LogP) is 0.943. The Kier molecular flexibility index (Phi) is 6.44. The second-order valence-electron chi connectivity index (χ2n) is 4.21. The lowest BCUT2D eigenvalue weighted by Crippen LogP contribution is -2.34. The van der Waals surface area contributed by atoms with Gasteiger partial charge in [-0.2, -0.15) is 4.31 Å². The molecule has 0 fully saturated rings. The molecule has 0 unspecified atom stereocenters. The van der Waals surface area contributed by atoms with Crippen molar-refractivity contribution in [3.05, 3.63) is 35.4 Å². The standard InChI is InChI=1S/C13H22N2O3S/c1-3-15(8-9-18-2)19(16,17)11-13-7-5-4-6-12(13)10-14/h4-7H,3,8-11,14H2,1-2H3. The zero-order chi connectivity index (χ0) is 14.3. The molecule has 108 valence electrons. The van der Waals surface area contributed by atoms with E-state index in [4.69, 9.17) is 10.5 Å². The summed E-state index contributed by atoms with van der Waals surface area (Å²) in [7, 11) is -1.77. The summed E-state index contributed by atoms with van der Waals surface area (Å²) in [6.45, 7) is 3.38. The minimum Gasteiger partial charge on any atom is -0.383 e. The highest BCUT2D eigenvalue weighted by atomic mass is 32.2. The molecule has 6 heteroatoms. The molecule has 0 aliphatic rings. The molecule has 0 saturated carbocycles. The van der Waals surface area contributed by atoms with E-state index in [1.54, 1.807) is 7.11 Å². The van der Waals surface area contributed by atoms with Crippen LogP contribution in [0, 0.1) is 0 Å². The summed E-state index contributed by atoms with van der Waals surface area (Å²) < 4.78 is 31.0. The third kappa shape index (κ3) is 4.58. The van der Waals surface area contributed by atoms with Crippen molar-refractivity contribution < 1.29 is 13.2 Å². The van der Waals surface area contributed by atoms with Crippen LogP contribution in [0.3, 0.4) is 0 Å². The van der Waals surface area contributed by atoms with Gasteiger partial charge in [-0.05, 0) is 11.1 Å². The normalized spacial score (nSPS) is 12.0. The van der Waals surface area contributed by atoms with Gasteiger partial charge in [0, 0.05) is 26.7 Å². The van der Waals surface area contributed by atoms with Crippen LogP contribution in [0.15, 0.2) is 24.3 Å². The molecular formula is C13H22N2O3S. The predicted molar refractivity (Wildman–Crippen MR) is 76.1 cm³/mol. The topological polar surface area (TPSA) is 72.6 Å². The molecule has 19 heavy (non-hydrogen) atoms. The lowest BCUT2D eigenvalue weighted by Gasteiger charge is -2.20. The summed E-state index contributed by atoms with van der Waals surface area (Å²) in [5, 5.41) is 0. The molecule has 0 atom stereocenters. The maximum atomic E-state index is 12.3. The van der Waals surface area contributed by atoms with Gasteiger partial charge in [-0.3, -0.25) is 0 Å². The Morgan fingerprint density at radius 2 is 1.89 bits per heavy atom. The number of hydrogen-bond donors (Lipinski definition) is 1. The van der Waals surface area contributed by atoms with Crippen molar-refractivity contribution in [1.29, 1.82) is 0 Å². The third-order valence-electron chi connectivity index (χ3n) is 2.97. The van der Waals surface area contributed by atoms with Gasteiger partial charge in [0.25, 0.3) is 0 Å². The Hall–Kier alpha value is -0.950. The SMILES string of the molecule is CCN(CCOC)S(=O)(=O)Cc1ccccc1CN. The summed E-state index contributed by atoms with van der Waals surface area (Å²) in [5.74, 6) is -0.0159. The summed E-state index contributed by atoms with van der Waals surface area (Å²) in [4.78, 5) is 0. The Morgan fingerprint density at radius 1 is 1.26 bits per heavy atom. The van der Waals surface area contributed by atoms with Crippen LogP contribution in [0.25, 0.3) is 0 Å². The van der Waals surface area contributed by atoms with Gasteiger partial charge >= 0.3 is 0 Å². The Morgan fingerprint density at radius 3 is 2.42 bits per heavy atom. The van der Waals surface area contributed by atoms with Crippen molar-refractivity contribution in [2.75, 3.05) is 26.8 Å². The molecular weight excluding hydrogens is 264 g/mol. The quantitative estimate of drug-likeness (QED) is 0.772. The Balaban J connectivity index is 2.88. The summed E-state index contributed by atoms with van der Waals surface area (Å²) in [6.07, 6.45) is 0. The second-order valence-corrected chi connectivity index (χ2v) is 6.18. The molecule has 1 aromatic rings. The first kappa shape index (κ1) is 16.1. The fraction of sp³-hybridized carbons (Fsp3) is 0.538. The molecule has 0 saturated heterocycles. The molecule has 1 aromatic carbocycles. The minimum atomic E-state index is -3.33. The van der Waals surface area contributed by atoms with Crippen LogP contribution in [0.2, 0.25) is 0 Å². The van der Waals surface area contributed by atoms with Crippen LogP contribution >= 0.6 is 0 Å². The van der Waals surface area contributed by atoms with Crippen LogP contribution in [-0.2, 0) is 27.1 Å². The summed E-state index contributed by atoms with van der Waals surface area (Å²) in [6, 6.07) is 7.36. The smallest absolute Gasteiger partial charge is 0.218 e. The number of hydrogen-bond acceptors (Lipinski definition) is 4. The highest BCUT2D eigenvalue weighted by Gasteiger charge is 2.21. The van der Waals surface area contributed by atoms with Gasteiger partial charge in [-0.1, -0.05) is 31.2 Å². The van der Waals surface area contributed by atoms with Crippen LogP contribution in [0.5, 0.6) is 0 Å². The van der Waals surface area contributed by atoms with Crippen molar-refractivity contribution in [1.82, 2.24) is 4.31 Å². The minimum absolute atomic E-state index is 0.0159. The molecule has 0 aliphatic carbocycles. The summed E-state index contributed by atoms with van der Waals surface area (Å²) in [5.41, 5.74) is 7.26. The molecule has 0 bridgehead atoms. The first-order valence-electron chi connectivity index (χ1n) is 6.28. The highest BCUT2D eigenvalue weighted by Crippen LogP contribution is 2.15. The highest BCUT2D eigenvalue weighted by molar-refractivity contribution is 7.88. The van der Waals surface area contributed by atoms with Crippen LogP contribution in [0.4, 0.5) is 0 Å². The first-order valence-corrected chi connectivity index (χ1v) is 7.89. The van der Waals surface area contributed by atoms with Gasteiger partial charge in [-0.25, -0.2) is 8.42 Å². The second kappa shape index (κ2) is 7.59. The Bertz CT molecular complexity index is 488. The van der Waals surface area contributed by atoms with E-state index >= 15 is 0 Å². The first-order chi connectivity index (χ1) is 9.05. The lowest BCUT2D eigenvalue weighted by atomic mass is 10.1. The average Bonchev–Trinajstić information content (AvgIpc) is 2.39. The third-order valence-corrected chi connectivity index (χ3v) is 4.87. The van der Waals surface area contributed by atoms with E-state index < -0.39 is 10.0 Å². The molecule has 5 nitrogen and oxygen atoms in total. The molecule has 0 spiro atoms. The molecule has 1 rings (SSSR count). The van der Waals surface area contributed by atoms with Gasteiger partial charge in [0.2, 0.25) is 10.0 Å². The molecule has 2 N–H and O–H groups in total. The molecule has 0 aromatic heterocycles. The van der Waals surface area contributed by atoms with Crippen molar-refractivity contribution in [3.63, 3.8) is 0 Å². The van der Waals surface area contributed by atoms with Crippen molar-refractivity contribution in [3.8, 4) is 0 Å². The van der Waals surface area contributed by atoms with Crippen LogP contribution in [-0.4, -0.2) is 39.5 Å². The number of rotatable bonds is 8. The largest absolute Gasteiger partial charge is 0.383 e. The number of nitrogens with two attached hydrogens (primary N) is 1.